The molecule has 1 aromatic carbocycles. The van der Waals surface area contributed by atoms with Crippen LogP contribution in [0.2, 0.25) is 0 Å². The van der Waals surface area contributed by atoms with E-state index in [1.54, 1.807) is 11.8 Å². The van der Waals surface area contributed by atoms with Crippen molar-refractivity contribution in [1.82, 2.24) is 25.0 Å². The molecule has 0 radical (unpaired) electrons. The number of rotatable bonds is 4. The topological polar surface area (TPSA) is 63.1 Å². The fourth-order valence-corrected chi connectivity index (χ4v) is 3.61. The third kappa shape index (κ3) is 3.72. The zero-order valence-electron chi connectivity index (χ0n) is 14.1. The molecule has 2 amide bonds. The highest BCUT2D eigenvalue weighted by molar-refractivity contribution is 7.98. The molecule has 2 heterocycles. The Morgan fingerprint density at radius 3 is 2.83 bits per heavy atom. The monoisotopic (exact) mass is 345 g/mol. The van der Waals surface area contributed by atoms with Crippen molar-refractivity contribution >= 4 is 17.8 Å². The SMILES string of the molecule is CSc1nnc([C@H]2CCCN(C(=O)NCc3ccccc3)C2)n1C. The van der Waals surface area contributed by atoms with Gasteiger partial charge in [-0.2, -0.15) is 0 Å². The molecule has 2 aromatic rings. The Labute approximate surface area is 146 Å². The Kier molecular flexibility index (Phi) is 5.40. The first-order valence-corrected chi connectivity index (χ1v) is 9.41. The lowest BCUT2D eigenvalue weighted by molar-refractivity contribution is 0.177. The Balaban J connectivity index is 1.60. The molecule has 1 atom stereocenters. The van der Waals surface area contributed by atoms with Gasteiger partial charge in [0.25, 0.3) is 0 Å². The molecule has 6 nitrogen and oxygen atoms in total. The summed E-state index contributed by atoms with van der Waals surface area (Å²) in [6, 6.07) is 9.97. The maximum atomic E-state index is 12.5. The molecule has 1 aliphatic heterocycles. The van der Waals surface area contributed by atoms with E-state index in [1.165, 1.54) is 0 Å². The summed E-state index contributed by atoms with van der Waals surface area (Å²) in [6.45, 7) is 2.05. The lowest BCUT2D eigenvalue weighted by atomic mass is 9.97. The maximum absolute atomic E-state index is 12.5. The van der Waals surface area contributed by atoms with Crippen molar-refractivity contribution in [2.45, 2.75) is 30.5 Å². The van der Waals surface area contributed by atoms with E-state index in [-0.39, 0.29) is 11.9 Å². The first-order valence-electron chi connectivity index (χ1n) is 8.19. The lowest BCUT2D eigenvalue weighted by Crippen LogP contribution is -2.45. The normalized spacial score (nSPS) is 17.8. The van der Waals surface area contributed by atoms with Crippen LogP contribution < -0.4 is 5.32 Å². The highest BCUT2D eigenvalue weighted by Gasteiger charge is 2.28. The Bertz CT molecular complexity index is 688. The van der Waals surface area contributed by atoms with Gasteiger partial charge in [0.15, 0.2) is 5.16 Å². The van der Waals surface area contributed by atoms with Crippen LogP contribution in [0.1, 0.15) is 30.1 Å². The number of nitrogens with zero attached hydrogens (tertiary/aromatic N) is 4. The smallest absolute Gasteiger partial charge is 0.317 e. The van der Waals surface area contributed by atoms with Gasteiger partial charge in [0.05, 0.1) is 0 Å². The van der Waals surface area contributed by atoms with E-state index >= 15 is 0 Å². The predicted molar refractivity (Wildman–Crippen MR) is 95.0 cm³/mol. The number of amides is 2. The maximum Gasteiger partial charge on any atom is 0.317 e. The van der Waals surface area contributed by atoms with Crippen LogP contribution in [0.4, 0.5) is 4.79 Å². The number of likely N-dealkylation sites (tertiary alicyclic amines) is 1. The number of hydrogen-bond donors (Lipinski definition) is 1. The number of urea groups is 1. The molecule has 0 unspecified atom stereocenters. The van der Waals surface area contributed by atoms with E-state index in [1.807, 2.05) is 53.1 Å². The van der Waals surface area contributed by atoms with E-state index < -0.39 is 0 Å². The summed E-state index contributed by atoms with van der Waals surface area (Å²) < 4.78 is 2.04. The minimum atomic E-state index is -0.00388. The van der Waals surface area contributed by atoms with Crippen molar-refractivity contribution in [1.29, 1.82) is 0 Å². The van der Waals surface area contributed by atoms with Crippen molar-refractivity contribution in [3.8, 4) is 0 Å². The van der Waals surface area contributed by atoms with Crippen LogP contribution in [0.15, 0.2) is 35.5 Å². The minimum absolute atomic E-state index is 0.00388. The number of nitrogens with one attached hydrogen (secondary N) is 1. The van der Waals surface area contributed by atoms with Gasteiger partial charge in [-0.25, -0.2) is 4.79 Å². The second-order valence-electron chi connectivity index (χ2n) is 6.03. The van der Waals surface area contributed by atoms with E-state index in [0.717, 1.165) is 35.9 Å². The number of carbonyl (C=O) groups is 1. The number of benzene rings is 1. The highest BCUT2D eigenvalue weighted by Crippen LogP contribution is 2.27. The predicted octanol–water partition coefficient (Wildman–Crippen LogP) is 2.63. The first-order chi connectivity index (χ1) is 11.7. The number of thioether (sulfide) groups is 1. The molecule has 3 rings (SSSR count). The third-order valence-electron chi connectivity index (χ3n) is 4.41. The van der Waals surface area contributed by atoms with Gasteiger partial charge in [-0.3, -0.25) is 0 Å². The van der Waals surface area contributed by atoms with E-state index in [4.69, 9.17) is 0 Å². The van der Waals surface area contributed by atoms with E-state index in [0.29, 0.717) is 13.1 Å². The largest absolute Gasteiger partial charge is 0.334 e. The van der Waals surface area contributed by atoms with Gasteiger partial charge in [0, 0.05) is 32.6 Å². The van der Waals surface area contributed by atoms with Crippen LogP contribution in [-0.4, -0.2) is 45.0 Å². The van der Waals surface area contributed by atoms with E-state index in [2.05, 4.69) is 15.5 Å². The second kappa shape index (κ2) is 7.70. The van der Waals surface area contributed by atoms with Crippen LogP contribution in [-0.2, 0) is 13.6 Å². The molecule has 1 saturated heterocycles. The number of aromatic nitrogens is 3. The van der Waals surface area contributed by atoms with Gasteiger partial charge in [-0.1, -0.05) is 42.1 Å². The zero-order chi connectivity index (χ0) is 16.9. The van der Waals surface area contributed by atoms with Crippen LogP contribution in [0, 0.1) is 0 Å². The molecular formula is C17H23N5OS. The average molecular weight is 345 g/mol. The molecule has 1 fully saturated rings. The molecule has 1 aromatic heterocycles. The van der Waals surface area contributed by atoms with Crippen molar-refractivity contribution < 1.29 is 4.79 Å². The average Bonchev–Trinajstić information content (AvgIpc) is 3.01. The lowest BCUT2D eigenvalue weighted by Gasteiger charge is -2.32. The molecule has 7 heteroatoms. The first kappa shape index (κ1) is 16.8. The summed E-state index contributed by atoms with van der Waals surface area (Å²) in [5, 5.41) is 12.5. The fourth-order valence-electron chi connectivity index (χ4n) is 3.12. The van der Waals surface area contributed by atoms with Crippen molar-refractivity contribution in [2.75, 3.05) is 19.3 Å². The van der Waals surface area contributed by atoms with Gasteiger partial charge in [-0.15, -0.1) is 10.2 Å². The summed E-state index contributed by atoms with van der Waals surface area (Å²) in [4.78, 5) is 14.4. The molecule has 24 heavy (non-hydrogen) atoms. The molecule has 1 aliphatic rings. The fraction of sp³-hybridized carbons (Fsp3) is 0.471. The van der Waals surface area contributed by atoms with Crippen molar-refractivity contribution in [3.05, 3.63) is 41.7 Å². The molecule has 0 bridgehead atoms. The molecule has 0 aliphatic carbocycles. The van der Waals surface area contributed by atoms with Crippen molar-refractivity contribution in [3.63, 3.8) is 0 Å². The van der Waals surface area contributed by atoms with Crippen LogP contribution >= 0.6 is 11.8 Å². The minimum Gasteiger partial charge on any atom is -0.334 e. The van der Waals surface area contributed by atoms with Gasteiger partial charge < -0.3 is 14.8 Å². The zero-order valence-corrected chi connectivity index (χ0v) is 14.9. The Morgan fingerprint density at radius 2 is 2.12 bits per heavy atom. The number of hydrogen-bond acceptors (Lipinski definition) is 4. The summed E-state index contributed by atoms with van der Waals surface area (Å²) in [5.41, 5.74) is 1.11. The second-order valence-corrected chi connectivity index (χ2v) is 6.81. The van der Waals surface area contributed by atoms with Crippen LogP contribution in [0.5, 0.6) is 0 Å². The number of piperidine rings is 1. The van der Waals surface area contributed by atoms with Gasteiger partial charge in [0.1, 0.15) is 5.82 Å². The molecule has 1 N–H and O–H groups in total. The Morgan fingerprint density at radius 1 is 1.33 bits per heavy atom. The third-order valence-corrected chi connectivity index (χ3v) is 5.13. The molecule has 0 spiro atoms. The van der Waals surface area contributed by atoms with Crippen molar-refractivity contribution in [2.24, 2.45) is 7.05 Å². The standard InChI is InChI=1S/C17H23N5OS/c1-21-15(19-20-17(21)24-2)14-9-6-10-22(12-14)16(23)18-11-13-7-4-3-5-8-13/h3-5,7-8,14H,6,9-12H2,1-2H3,(H,18,23)/t14-/m0/s1. The van der Waals surface area contributed by atoms with Crippen LogP contribution in [0.25, 0.3) is 0 Å². The summed E-state index contributed by atoms with van der Waals surface area (Å²) >= 11 is 1.59. The van der Waals surface area contributed by atoms with Gasteiger partial charge in [-0.05, 0) is 24.7 Å². The summed E-state index contributed by atoms with van der Waals surface area (Å²) in [5.74, 6) is 1.22. The quantitative estimate of drug-likeness (QED) is 0.865. The summed E-state index contributed by atoms with van der Waals surface area (Å²) in [7, 11) is 2.00. The van der Waals surface area contributed by atoms with Gasteiger partial charge >= 0.3 is 6.03 Å². The van der Waals surface area contributed by atoms with Gasteiger partial charge in [0.2, 0.25) is 0 Å². The highest BCUT2D eigenvalue weighted by atomic mass is 32.2. The molecular weight excluding hydrogens is 322 g/mol. The Hall–Kier alpha value is -2.02. The molecule has 128 valence electrons. The van der Waals surface area contributed by atoms with E-state index in [9.17, 15) is 4.79 Å². The summed E-state index contributed by atoms with van der Waals surface area (Å²) in [6.07, 6.45) is 4.03. The number of carbonyl (C=O) groups excluding carboxylic acids is 1. The van der Waals surface area contributed by atoms with Crippen LogP contribution in [0.3, 0.4) is 0 Å². The molecule has 0 saturated carbocycles.